The van der Waals surface area contributed by atoms with Crippen molar-refractivity contribution in [3.63, 3.8) is 0 Å². The van der Waals surface area contributed by atoms with Crippen molar-refractivity contribution in [3.05, 3.63) is 33.9 Å². The van der Waals surface area contributed by atoms with Crippen LogP contribution in [0.3, 0.4) is 0 Å². The molecule has 41 heavy (non-hydrogen) atoms. The fourth-order valence-electron chi connectivity index (χ4n) is 2.88. The summed E-state index contributed by atoms with van der Waals surface area (Å²) in [5.41, 5.74) is -26.8. The fraction of sp³-hybridized carbons (Fsp3) is 0.625. The molecule has 0 radical (unpaired) electrons. The van der Waals surface area contributed by atoms with E-state index in [9.17, 15) is 110 Å². The van der Waals surface area contributed by atoms with E-state index in [1.165, 1.54) is 0 Å². The molecular formula is C16HF25. The van der Waals surface area contributed by atoms with Gasteiger partial charge in [-0.3, -0.25) is 0 Å². The van der Waals surface area contributed by atoms with E-state index in [4.69, 9.17) is 0 Å². The van der Waals surface area contributed by atoms with Crippen molar-refractivity contribution in [1.82, 2.24) is 0 Å². The van der Waals surface area contributed by atoms with Crippen molar-refractivity contribution in [2.24, 2.45) is 0 Å². The van der Waals surface area contributed by atoms with Crippen LogP contribution in [0.25, 0.3) is 0 Å². The van der Waals surface area contributed by atoms with Crippen molar-refractivity contribution in [3.8, 4) is 0 Å². The van der Waals surface area contributed by atoms with Crippen molar-refractivity contribution in [1.29, 1.82) is 0 Å². The van der Waals surface area contributed by atoms with Crippen LogP contribution in [0.4, 0.5) is 110 Å². The molecule has 1 aromatic carbocycles. The van der Waals surface area contributed by atoms with Gasteiger partial charge in [-0.25, -0.2) is 0 Å². The number of rotatable bonds is 5. The molecule has 0 aliphatic rings. The largest absolute Gasteiger partial charge is 0.458 e. The Hall–Kier alpha value is -2.53. The molecular weight excluding hydrogens is 667 g/mol. The first-order valence-corrected chi connectivity index (χ1v) is 8.80. The van der Waals surface area contributed by atoms with E-state index in [0.717, 1.165) is 0 Å². The van der Waals surface area contributed by atoms with Crippen LogP contribution in [0.15, 0.2) is 6.07 Å². The van der Waals surface area contributed by atoms with Gasteiger partial charge in [0, 0.05) is 11.1 Å². The summed E-state index contributed by atoms with van der Waals surface area (Å²) in [6.07, 6.45) is -40.2. The minimum absolute atomic E-state index is 2.87. The maximum Gasteiger partial charge on any atom is 0.458 e. The Morgan fingerprint density at radius 3 is 0.585 bits per heavy atom. The molecule has 0 aromatic heterocycles. The summed E-state index contributed by atoms with van der Waals surface area (Å²) >= 11 is 0. The Bertz CT molecular complexity index is 1060. The van der Waals surface area contributed by atoms with Crippen LogP contribution in [0.2, 0.25) is 0 Å². The summed E-state index contributed by atoms with van der Waals surface area (Å²) < 4.78 is 334. The summed E-state index contributed by atoms with van der Waals surface area (Å²) in [5.74, 6) is -40.8. The molecule has 0 heterocycles. The normalized spacial score (nSPS) is 15.9. The zero-order chi connectivity index (χ0) is 33.6. The average Bonchev–Trinajstić information content (AvgIpc) is 2.67. The highest BCUT2D eigenvalue weighted by molar-refractivity contribution is 5.57. The highest BCUT2D eigenvalue weighted by Crippen LogP contribution is 2.63. The van der Waals surface area contributed by atoms with Gasteiger partial charge >= 0.3 is 60.5 Å². The standard InChI is InChI=1S/C16HF25/c17-7(18,12(27,28)29)2-1-3(8(19,20)13(30,31)32)5(10(23,24)15(36,37)38)6(11(25,26)16(39,40)41)4(2)9(21,22)14(33,34)35/h1H. The molecule has 0 saturated carbocycles. The Labute approximate surface area is 205 Å². The highest BCUT2D eigenvalue weighted by Gasteiger charge is 2.75. The lowest BCUT2D eigenvalue weighted by Crippen LogP contribution is -2.49. The summed E-state index contributed by atoms with van der Waals surface area (Å²) in [6, 6.07) is -2.87. The van der Waals surface area contributed by atoms with E-state index in [1.54, 1.807) is 0 Å². The van der Waals surface area contributed by atoms with E-state index in [1.807, 2.05) is 0 Å². The first-order valence-electron chi connectivity index (χ1n) is 8.80. The molecule has 0 unspecified atom stereocenters. The van der Waals surface area contributed by atoms with Crippen LogP contribution < -0.4 is 0 Å². The van der Waals surface area contributed by atoms with Crippen molar-refractivity contribution < 1.29 is 110 Å². The molecule has 0 atom stereocenters. The van der Waals surface area contributed by atoms with Gasteiger partial charge in [-0.15, -0.1) is 0 Å². The van der Waals surface area contributed by atoms with Gasteiger partial charge in [0.1, 0.15) is 0 Å². The first kappa shape index (κ1) is 36.5. The Balaban J connectivity index is 5.22. The number of alkyl halides is 25. The van der Waals surface area contributed by atoms with Crippen LogP contribution in [-0.2, 0) is 29.6 Å². The topological polar surface area (TPSA) is 0 Å². The van der Waals surface area contributed by atoms with Crippen molar-refractivity contribution in [2.45, 2.75) is 60.5 Å². The Morgan fingerprint density at radius 2 is 0.415 bits per heavy atom. The molecule has 0 nitrogen and oxygen atoms in total. The van der Waals surface area contributed by atoms with Gasteiger partial charge in [0.2, 0.25) is 0 Å². The lowest BCUT2D eigenvalue weighted by molar-refractivity contribution is -0.316. The lowest BCUT2D eigenvalue weighted by atomic mass is 9.78. The third-order valence-corrected chi connectivity index (χ3v) is 4.73. The molecule has 1 rings (SSSR count). The van der Waals surface area contributed by atoms with Gasteiger partial charge in [0.15, 0.2) is 0 Å². The Kier molecular flexibility index (Phi) is 8.22. The zero-order valence-electron chi connectivity index (χ0n) is 17.5. The van der Waals surface area contributed by atoms with E-state index < -0.39 is 94.4 Å². The van der Waals surface area contributed by atoms with E-state index >= 15 is 0 Å². The van der Waals surface area contributed by atoms with Crippen LogP contribution in [0, 0.1) is 0 Å². The molecule has 25 heteroatoms. The molecule has 0 aliphatic carbocycles. The zero-order valence-corrected chi connectivity index (χ0v) is 17.5. The van der Waals surface area contributed by atoms with Gasteiger partial charge in [-0.1, -0.05) is 0 Å². The minimum atomic E-state index is -8.44. The average molecular weight is 668 g/mol. The number of hydrogen-bond acceptors (Lipinski definition) is 0. The van der Waals surface area contributed by atoms with E-state index in [-0.39, 0.29) is 0 Å². The van der Waals surface area contributed by atoms with Gasteiger partial charge in [0.05, 0.1) is 16.7 Å². The molecule has 0 bridgehead atoms. The van der Waals surface area contributed by atoms with Crippen LogP contribution in [-0.4, -0.2) is 30.9 Å². The second kappa shape index (κ2) is 9.23. The highest BCUT2D eigenvalue weighted by atomic mass is 19.5. The molecule has 0 N–H and O–H groups in total. The summed E-state index contributed by atoms with van der Waals surface area (Å²) in [7, 11) is 0. The number of hydrogen-bond donors (Lipinski definition) is 0. The van der Waals surface area contributed by atoms with Crippen LogP contribution >= 0.6 is 0 Å². The van der Waals surface area contributed by atoms with Gasteiger partial charge in [-0.05, 0) is 6.07 Å². The van der Waals surface area contributed by atoms with Crippen molar-refractivity contribution >= 4 is 0 Å². The molecule has 0 spiro atoms. The summed E-state index contributed by atoms with van der Waals surface area (Å²) in [6.45, 7) is 0. The summed E-state index contributed by atoms with van der Waals surface area (Å²) in [5, 5.41) is 0. The molecule has 0 saturated heterocycles. The minimum Gasteiger partial charge on any atom is -0.191 e. The smallest absolute Gasteiger partial charge is 0.191 e. The monoisotopic (exact) mass is 668 g/mol. The van der Waals surface area contributed by atoms with Gasteiger partial charge in [-0.2, -0.15) is 110 Å². The van der Waals surface area contributed by atoms with Gasteiger partial charge in [0.25, 0.3) is 0 Å². The maximum absolute atomic E-state index is 14.2. The Morgan fingerprint density at radius 1 is 0.244 bits per heavy atom. The van der Waals surface area contributed by atoms with E-state index in [0.29, 0.717) is 0 Å². The second-order valence-corrected chi connectivity index (χ2v) is 7.46. The number of benzene rings is 1. The predicted molar refractivity (Wildman–Crippen MR) is 76.2 cm³/mol. The van der Waals surface area contributed by atoms with Crippen LogP contribution in [0.1, 0.15) is 27.8 Å². The van der Waals surface area contributed by atoms with Crippen LogP contribution in [0.5, 0.6) is 0 Å². The molecule has 0 fully saturated rings. The van der Waals surface area contributed by atoms with Crippen molar-refractivity contribution in [2.75, 3.05) is 0 Å². The third-order valence-electron chi connectivity index (χ3n) is 4.73. The molecule has 1 aromatic rings. The lowest BCUT2D eigenvalue weighted by Gasteiger charge is -2.37. The quantitative estimate of drug-likeness (QED) is 0.274. The summed E-state index contributed by atoms with van der Waals surface area (Å²) in [4.78, 5) is 0. The SMILES string of the molecule is FC(F)(F)C(F)(F)c1cc(C(F)(F)C(F)(F)F)c(C(F)(F)C(F)(F)F)c(C(F)(F)C(F)(F)F)c1C(F)(F)C(F)(F)F. The molecule has 0 aliphatic heterocycles. The first-order chi connectivity index (χ1) is 17.3. The molecule has 240 valence electrons. The van der Waals surface area contributed by atoms with Gasteiger partial charge < -0.3 is 0 Å². The predicted octanol–water partition coefficient (Wildman–Crippen LogP) is 9.96. The maximum atomic E-state index is 14.2. The number of halogens is 25. The van der Waals surface area contributed by atoms with E-state index in [2.05, 4.69) is 0 Å². The second-order valence-electron chi connectivity index (χ2n) is 7.46. The molecule has 0 amide bonds. The third kappa shape index (κ3) is 5.51. The fourth-order valence-corrected chi connectivity index (χ4v) is 2.88.